The van der Waals surface area contributed by atoms with Crippen LogP contribution in [0.15, 0.2) is 119 Å². The zero-order chi connectivity index (χ0) is 34.3. The van der Waals surface area contributed by atoms with E-state index >= 15 is 0 Å². The number of benzene rings is 3. The molecule has 0 aliphatic rings. The molecule has 0 atom stereocenters. The van der Waals surface area contributed by atoms with Gasteiger partial charge in [0.2, 0.25) is 0 Å². The van der Waals surface area contributed by atoms with Gasteiger partial charge in [-0.25, -0.2) is 5.43 Å². The third-order valence-electron chi connectivity index (χ3n) is 8.00. The number of carbonyl (C=O) groups is 2. The molecule has 0 spiro atoms. The molecule has 0 saturated carbocycles. The minimum Gasteiger partial charge on any atom is -0.486 e. The van der Waals surface area contributed by atoms with E-state index in [1.165, 1.54) is 0 Å². The molecule has 3 heterocycles. The van der Waals surface area contributed by atoms with E-state index in [9.17, 15) is 9.59 Å². The SMILES string of the molecule is Cc1ccc(C)n1-c1ccc(OCc2ccc(C(=O)N/N=C/c3cc(C)n(-c4ccc(OCC(=O)Nc5ccccc5)cc4)c3C)o2)cc1. The molecule has 0 fully saturated rings. The van der Waals surface area contributed by atoms with E-state index in [-0.39, 0.29) is 24.9 Å². The summed E-state index contributed by atoms with van der Waals surface area (Å²) in [4.78, 5) is 24.9. The Labute approximate surface area is 284 Å². The highest BCUT2D eigenvalue weighted by molar-refractivity contribution is 5.93. The molecule has 2 N–H and O–H groups in total. The Morgan fingerprint density at radius 1 is 0.735 bits per heavy atom. The summed E-state index contributed by atoms with van der Waals surface area (Å²) in [7, 11) is 0. The van der Waals surface area contributed by atoms with E-state index in [1.807, 2.05) is 98.8 Å². The number of aromatic nitrogens is 2. The number of hydrogen-bond acceptors (Lipinski definition) is 6. The normalized spacial score (nSPS) is 11.1. The lowest BCUT2D eigenvalue weighted by Gasteiger charge is -2.11. The van der Waals surface area contributed by atoms with Gasteiger partial charge >= 0.3 is 5.91 Å². The molecule has 10 heteroatoms. The lowest BCUT2D eigenvalue weighted by atomic mass is 10.2. The first-order valence-electron chi connectivity index (χ1n) is 15.8. The van der Waals surface area contributed by atoms with Crippen molar-refractivity contribution >= 4 is 23.7 Å². The van der Waals surface area contributed by atoms with E-state index < -0.39 is 5.91 Å². The van der Waals surface area contributed by atoms with Crippen LogP contribution < -0.4 is 20.2 Å². The van der Waals surface area contributed by atoms with Crippen molar-refractivity contribution in [3.05, 3.63) is 149 Å². The van der Waals surface area contributed by atoms with Crippen molar-refractivity contribution in [1.82, 2.24) is 14.6 Å². The van der Waals surface area contributed by atoms with Crippen molar-refractivity contribution in [1.29, 1.82) is 0 Å². The zero-order valence-electron chi connectivity index (χ0n) is 27.8. The summed E-state index contributed by atoms with van der Waals surface area (Å²) < 4.78 is 21.5. The first kappa shape index (κ1) is 32.6. The van der Waals surface area contributed by atoms with Gasteiger partial charge in [0.25, 0.3) is 5.91 Å². The van der Waals surface area contributed by atoms with Gasteiger partial charge in [0.05, 0.1) is 6.21 Å². The van der Waals surface area contributed by atoms with Crippen molar-refractivity contribution in [3.63, 3.8) is 0 Å². The fraction of sp³-hybridized carbons (Fsp3) is 0.154. The second kappa shape index (κ2) is 14.6. The summed E-state index contributed by atoms with van der Waals surface area (Å²) in [6.07, 6.45) is 1.60. The molecule has 49 heavy (non-hydrogen) atoms. The average molecular weight is 656 g/mol. The van der Waals surface area contributed by atoms with Gasteiger partial charge in [0.1, 0.15) is 23.9 Å². The molecule has 6 aromatic rings. The van der Waals surface area contributed by atoms with Crippen LogP contribution in [0.25, 0.3) is 11.4 Å². The largest absolute Gasteiger partial charge is 0.486 e. The minimum atomic E-state index is -0.467. The Bertz CT molecular complexity index is 2070. The maximum absolute atomic E-state index is 12.7. The lowest BCUT2D eigenvalue weighted by molar-refractivity contribution is -0.118. The van der Waals surface area contributed by atoms with Crippen LogP contribution in [-0.2, 0) is 11.4 Å². The summed E-state index contributed by atoms with van der Waals surface area (Å²) in [5.41, 5.74) is 10.3. The molecule has 0 aliphatic carbocycles. The van der Waals surface area contributed by atoms with Crippen LogP contribution in [0, 0.1) is 27.7 Å². The smallest absolute Gasteiger partial charge is 0.307 e. The number of carbonyl (C=O) groups excluding carboxylic acids is 2. The van der Waals surface area contributed by atoms with Crippen LogP contribution in [0.1, 0.15) is 44.7 Å². The number of furan rings is 1. The summed E-state index contributed by atoms with van der Waals surface area (Å²) in [6, 6.07) is 34.0. The molecule has 0 unspecified atom stereocenters. The van der Waals surface area contributed by atoms with Gasteiger partial charge in [0.15, 0.2) is 12.4 Å². The standard InChI is InChI=1S/C39H37N5O5/c1-26-10-11-27(2)43(26)32-12-16-34(17-13-32)47-24-36-20-21-37(49-36)39(46)42-40-23-30-22-28(3)44(29(30)4)33-14-18-35(19-15-33)48-25-38(45)41-31-8-6-5-7-9-31/h5-23H,24-25H2,1-4H3,(H,41,45)(H,42,46)/b40-23+. The van der Waals surface area contributed by atoms with Gasteiger partial charge in [-0.1, -0.05) is 18.2 Å². The number of hydrogen-bond donors (Lipinski definition) is 2. The predicted molar refractivity (Wildman–Crippen MR) is 189 cm³/mol. The maximum atomic E-state index is 12.7. The van der Waals surface area contributed by atoms with Gasteiger partial charge in [-0.2, -0.15) is 5.10 Å². The number of ether oxygens (including phenoxy) is 2. The number of hydrazone groups is 1. The van der Waals surface area contributed by atoms with Gasteiger partial charge in [-0.15, -0.1) is 0 Å². The zero-order valence-corrected chi connectivity index (χ0v) is 27.8. The highest BCUT2D eigenvalue weighted by Gasteiger charge is 2.13. The average Bonchev–Trinajstić information content (AvgIpc) is 3.80. The highest BCUT2D eigenvalue weighted by Crippen LogP contribution is 2.23. The summed E-state index contributed by atoms with van der Waals surface area (Å²) in [6.45, 7) is 8.20. The van der Waals surface area contributed by atoms with Crippen molar-refractivity contribution in [2.45, 2.75) is 34.3 Å². The van der Waals surface area contributed by atoms with E-state index in [0.29, 0.717) is 17.3 Å². The molecule has 3 aromatic carbocycles. The van der Waals surface area contributed by atoms with Crippen LogP contribution in [-0.4, -0.2) is 33.8 Å². The van der Waals surface area contributed by atoms with Crippen LogP contribution in [0.3, 0.4) is 0 Å². The Morgan fingerprint density at radius 2 is 1.37 bits per heavy atom. The summed E-state index contributed by atoms with van der Waals surface area (Å²) >= 11 is 0. The van der Waals surface area contributed by atoms with Crippen molar-refractivity contribution < 1.29 is 23.5 Å². The maximum Gasteiger partial charge on any atom is 0.307 e. The van der Waals surface area contributed by atoms with E-state index in [2.05, 4.69) is 51.0 Å². The molecule has 248 valence electrons. The second-order valence-corrected chi connectivity index (χ2v) is 11.6. The molecule has 6 rings (SSSR count). The van der Waals surface area contributed by atoms with Crippen molar-refractivity contribution in [3.8, 4) is 22.9 Å². The molecule has 3 aromatic heterocycles. The molecule has 0 aliphatic heterocycles. The second-order valence-electron chi connectivity index (χ2n) is 11.6. The Kier molecular flexibility index (Phi) is 9.75. The number of nitrogens with one attached hydrogen (secondary N) is 2. The van der Waals surface area contributed by atoms with E-state index in [1.54, 1.807) is 18.3 Å². The first-order chi connectivity index (χ1) is 23.7. The number of rotatable bonds is 12. The fourth-order valence-corrected chi connectivity index (χ4v) is 5.59. The van der Waals surface area contributed by atoms with Crippen molar-refractivity contribution in [2.24, 2.45) is 5.10 Å². The van der Waals surface area contributed by atoms with E-state index in [0.717, 1.165) is 45.4 Å². The fourth-order valence-electron chi connectivity index (χ4n) is 5.59. The van der Waals surface area contributed by atoms with Gasteiger partial charge < -0.3 is 28.3 Å². The molecule has 10 nitrogen and oxygen atoms in total. The molecular weight excluding hydrogens is 618 g/mol. The number of para-hydroxylation sites is 1. The lowest BCUT2D eigenvalue weighted by Crippen LogP contribution is -2.20. The van der Waals surface area contributed by atoms with Crippen LogP contribution in [0.4, 0.5) is 5.69 Å². The van der Waals surface area contributed by atoms with Gasteiger partial charge in [-0.05, 0) is 119 Å². The molecule has 0 bridgehead atoms. The topological polar surface area (TPSA) is 112 Å². The monoisotopic (exact) mass is 655 g/mol. The van der Waals surface area contributed by atoms with Crippen molar-refractivity contribution in [2.75, 3.05) is 11.9 Å². The Balaban J connectivity index is 0.998. The third-order valence-corrected chi connectivity index (χ3v) is 8.00. The molecule has 2 amide bonds. The minimum absolute atomic E-state index is 0.0983. The number of amides is 2. The Morgan fingerprint density at radius 3 is 2.04 bits per heavy atom. The summed E-state index contributed by atoms with van der Waals surface area (Å²) in [5, 5.41) is 6.97. The number of anilines is 1. The first-order valence-corrected chi connectivity index (χ1v) is 15.8. The highest BCUT2D eigenvalue weighted by atomic mass is 16.5. The van der Waals surface area contributed by atoms with Gasteiger partial charge in [-0.3, -0.25) is 9.59 Å². The molecule has 0 radical (unpaired) electrons. The van der Waals surface area contributed by atoms with Crippen LogP contribution >= 0.6 is 0 Å². The Hall–Kier alpha value is -6.29. The van der Waals surface area contributed by atoms with E-state index in [4.69, 9.17) is 13.9 Å². The number of nitrogens with zero attached hydrogens (tertiary/aromatic N) is 3. The molecule has 0 saturated heterocycles. The molecular formula is C39H37N5O5. The third kappa shape index (κ3) is 7.82. The van der Waals surface area contributed by atoms with Gasteiger partial charge in [0, 0.05) is 45.4 Å². The van der Waals surface area contributed by atoms with Crippen LogP contribution in [0.5, 0.6) is 11.5 Å². The quantitative estimate of drug-likeness (QED) is 0.105. The number of aryl methyl sites for hydroxylation is 3. The van der Waals surface area contributed by atoms with Crippen LogP contribution in [0.2, 0.25) is 0 Å². The summed E-state index contributed by atoms with van der Waals surface area (Å²) in [5.74, 6) is 1.23. The predicted octanol–water partition coefficient (Wildman–Crippen LogP) is 7.46.